The van der Waals surface area contributed by atoms with Crippen LogP contribution in [0.3, 0.4) is 0 Å². The molecule has 1 fully saturated rings. The zero-order valence-corrected chi connectivity index (χ0v) is 25.1. The second-order valence-corrected chi connectivity index (χ2v) is 11.8. The quantitative estimate of drug-likeness (QED) is 0.0965. The minimum absolute atomic E-state index is 0.0259. The van der Waals surface area contributed by atoms with Gasteiger partial charge in [-0.15, -0.1) is 0 Å². The molecule has 8 nitrogen and oxygen atoms in total. The standard InChI is InChI=1S/C33H32N4O4S/c1-6-7-14-41-23-12-8-11-22(17-23)28-25(29(38)27-21(5)36-13-9-10-19(3)31(36)34-27)30(39)32(40)37(28)33-35-26-20(4)15-18(2)16-24(26)42-33/h8-13,15-17,28,38H,6-7,14H2,1-5H3/b29-25+. The summed E-state index contributed by atoms with van der Waals surface area (Å²) in [5.74, 6) is -1.21. The minimum Gasteiger partial charge on any atom is -0.505 e. The van der Waals surface area contributed by atoms with Crippen LogP contribution < -0.4 is 9.64 Å². The fourth-order valence-corrected chi connectivity index (χ4v) is 6.76. The van der Waals surface area contributed by atoms with Crippen molar-refractivity contribution in [2.45, 2.75) is 53.5 Å². The molecule has 2 aromatic carbocycles. The van der Waals surface area contributed by atoms with Gasteiger partial charge >= 0.3 is 5.91 Å². The lowest BCUT2D eigenvalue weighted by Gasteiger charge is -2.23. The molecule has 0 aliphatic carbocycles. The normalized spacial score (nSPS) is 16.7. The number of aromatic nitrogens is 3. The van der Waals surface area contributed by atoms with Crippen LogP contribution in [-0.2, 0) is 9.59 Å². The molecule has 5 aromatic rings. The summed E-state index contributed by atoms with van der Waals surface area (Å²) in [6, 6.07) is 14.3. The molecular formula is C33H32N4O4S. The average Bonchev–Trinajstić information content (AvgIpc) is 3.62. The molecule has 42 heavy (non-hydrogen) atoms. The lowest BCUT2D eigenvalue weighted by molar-refractivity contribution is -0.132. The first-order valence-electron chi connectivity index (χ1n) is 14.1. The van der Waals surface area contributed by atoms with Gasteiger partial charge in [0.05, 0.1) is 34.1 Å². The Labute approximate surface area is 247 Å². The van der Waals surface area contributed by atoms with Gasteiger partial charge in [0.25, 0.3) is 5.78 Å². The van der Waals surface area contributed by atoms with E-state index in [0.717, 1.165) is 39.7 Å². The molecule has 0 bridgehead atoms. The number of imidazole rings is 1. The number of nitrogens with zero attached hydrogens (tertiary/aromatic N) is 4. The fraction of sp³-hybridized carbons (Fsp3) is 0.273. The number of unbranched alkanes of at least 4 members (excludes halogenated alkanes) is 1. The summed E-state index contributed by atoms with van der Waals surface area (Å²) in [7, 11) is 0. The van der Waals surface area contributed by atoms with E-state index in [1.807, 2.05) is 86.8 Å². The van der Waals surface area contributed by atoms with Crippen LogP contribution >= 0.6 is 11.3 Å². The molecule has 1 atom stereocenters. The molecule has 0 radical (unpaired) electrons. The van der Waals surface area contributed by atoms with Crippen LogP contribution in [0.2, 0.25) is 0 Å². The molecule has 6 rings (SSSR count). The first-order valence-corrected chi connectivity index (χ1v) is 14.9. The van der Waals surface area contributed by atoms with E-state index in [1.54, 1.807) is 0 Å². The van der Waals surface area contributed by atoms with Crippen molar-refractivity contribution in [1.82, 2.24) is 14.4 Å². The minimum atomic E-state index is -0.924. The summed E-state index contributed by atoms with van der Waals surface area (Å²) in [4.78, 5) is 38.6. The summed E-state index contributed by atoms with van der Waals surface area (Å²) in [5.41, 5.74) is 5.99. The molecule has 0 spiro atoms. The fourth-order valence-electron chi connectivity index (χ4n) is 5.59. The molecule has 214 valence electrons. The lowest BCUT2D eigenvalue weighted by Crippen LogP contribution is -2.29. The zero-order valence-electron chi connectivity index (χ0n) is 24.3. The maximum absolute atomic E-state index is 13.8. The number of ether oxygens (including phenoxy) is 1. The van der Waals surface area contributed by atoms with Crippen LogP contribution in [0, 0.1) is 27.7 Å². The second kappa shape index (κ2) is 10.7. The van der Waals surface area contributed by atoms with E-state index in [2.05, 4.69) is 6.92 Å². The number of rotatable bonds is 7. The molecule has 1 amide bonds. The van der Waals surface area contributed by atoms with E-state index >= 15 is 0 Å². The largest absolute Gasteiger partial charge is 0.505 e. The van der Waals surface area contributed by atoms with Crippen LogP contribution in [0.15, 0.2) is 60.3 Å². The number of thiazole rings is 1. The predicted molar refractivity (Wildman–Crippen MR) is 165 cm³/mol. The molecule has 9 heteroatoms. The van der Waals surface area contributed by atoms with E-state index in [1.165, 1.54) is 16.2 Å². The molecule has 1 unspecified atom stereocenters. The number of fused-ring (bicyclic) bond motifs is 2. The average molecular weight is 581 g/mol. The van der Waals surface area contributed by atoms with E-state index < -0.39 is 17.7 Å². The van der Waals surface area contributed by atoms with Crippen molar-refractivity contribution in [3.8, 4) is 5.75 Å². The van der Waals surface area contributed by atoms with Crippen LogP contribution in [-0.4, -0.2) is 37.8 Å². The molecule has 3 aromatic heterocycles. The van der Waals surface area contributed by atoms with Crippen molar-refractivity contribution in [1.29, 1.82) is 0 Å². The van der Waals surface area contributed by atoms with Gasteiger partial charge in [-0.25, -0.2) is 9.97 Å². The number of hydrogen-bond acceptors (Lipinski definition) is 7. The summed E-state index contributed by atoms with van der Waals surface area (Å²) >= 11 is 1.35. The molecule has 4 heterocycles. The SMILES string of the molecule is CCCCOc1cccc(C2/C(=C(\O)c3nc4c(C)cccn4c3C)C(=O)C(=O)N2c2nc3c(C)cc(C)cc3s2)c1. The van der Waals surface area contributed by atoms with E-state index in [0.29, 0.717) is 34.4 Å². The summed E-state index contributed by atoms with van der Waals surface area (Å²) < 4.78 is 8.77. The number of benzene rings is 2. The van der Waals surface area contributed by atoms with Gasteiger partial charge in [0, 0.05) is 6.20 Å². The Morgan fingerprint density at radius 1 is 1.02 bits per heavy atom. The third-order valence-electron chi connectivity index (χ3n) is 7.72. The summed E-state index contributed by atoms with van der Waals surface area (Å²) in [5, 5.41) is 12.2. The van der Waals surface area contributed by atoms with E-state index in [-0.39, 0.29) is 17.0 Å². The Morgan fingerprint density at radius 3 is 2.60 bits per heavy atom. The molecule has 1 aliphatic heterocycles. The van der Waals surface area contributed by atoms with E-state index in [9.17, 15) is 14.7 Å². The molecule has 1 saturated heterocycles. The van der Waals surface area contributed by atoms with Crippen molar-refractivity contribution in [2.75, 3.05) is 11.5 Å². The number of pyridine rings is 1. The third kappa shape index (κ3) is 4.54. The van der Waals surface area contributed by atoms with Gasteiger partial charge in [-0.2, -0.15) is 0 Å². The number of aliphatic hydroxyl groups excluding tert-OH is 1. The highest BCUT2D eigenvalue weighted by Gasteiger charge is 2.48. The highest BCUT2D eigenvalue weighted by atomic mass is 32.1. The summed E-state index contributed by atoms with van der Waals surface area (Å²) in [6.07, 6.45) is 3.76. The van der Waals surface area contributed by atoms with Gasteiger partial charge in [0.1, 0.15) is 17.1 Å². The zero-order chi connectivity index (χ0) is 29.7. The molecule has 1 N–H and O–H groups in total. The number of amides is 1. The Morgan fingerprint density at radius 2 is 1.83 bits per heavy atom. The van der Waals surface area contributed by atoms with Crippen molar-refractivity contribution in [3.05, 3.63) is 93.9 Å². The first kappa shape index (κ1) is 27.7. The maximum atomic E-state index is 13.8. The number of hydrogen-bond donors (Lipinski definition) is 1. The smallest absolute Gasteiger partial charge is 0.301 e. The van der Waals surface area contributed by atoms with Crippen LogP contribution in [0.25, 0.3) is 21.6 Å². The molecular weight excluding hydrogens is 548 g/mol. The topological polar surface area (TPSA) is 97.0 Å². The maximum Gasteiger partial charge on any atom is 0.301 e. The van der Waals surface area contributed by atoms with Crippen LogP contribution in [0.1, 0.15) is 59.4 Å². The Bertz CT molecular complexity index is 1920. The highest BCUT2D eigenvalue weighted by molar-refractivity contribution is 7.22. The van der Waals surface area contributed by atoms with Crippen LogP contribution in [0.4, 0.5) is 5.13 Å². The number of Topliss-reactive ketones (excluding diaryl/α,β-unsaturated/α-hetero) is 1. The van der Waals surface area contributed by atoms with Gasteiger partial charge in [-0.05, 0) is 80.6 Å². The monoisotopic (exact) mass is 580 g/mol. The number of carbonyl (C=O) groups excluding carboxylic acids is 2. The number of aryl methyl sites for hydroxylation is 4. The van der Waals surface area contributed by atoms with Crippen molar-refractivity contribution in [2.24, 2.45) is 0 Å². The first-order chi connectivity index (χ1) is 20.2. The number of anilines is 1. The van der Waals surface area contributed by atoms with Gasteiger partial charge in [0.15, 0.2) is 10.9 Å². The Kier molecular flexibility index (Phi) is 7.06. The highest BCUT2D eigenvalue weighted by Crippen LogP contribution is 2.45. The number of ketones is 1. The number of carbonyl (C=O) groups is 2. The van der Waals surface area contributed by atoms with Gasteiger partial charge in [-0.1, -0.05) is 48.9 Å². The van der Waals surface area contributed by atoms with E-state index in [4.69, 9.17) is 14.7 Å². The Hall–Kier alpha value is -4.50. The van der Waals surface area contributed by atoms with Gasteiger partial charge < -0.3 is 14.2 Å². The molecule has 0 saturated carbocycles. The lowest BCUT2D eigenvalue weighted by atomic mass is 9.96. The third-order valence-corrected chi connectivity index (χ3v) is 8.72. The second-order valence-electron chi connectivity index (χ2n) is 10.8. The summed E-state index contributed by atoms with van der Waals surface area (Å²) in [6.45, 7) is 10.4. The van der Waals surface area contributed by atoms with Gasteiger partial charge in [0.2, 0.25) is 0 Å². The Balaban J connectivity index is 1.57. The van der Waals surface area contributed by atoms with Crippen molar-refractivity contribution in [3.63, 3.8) is 0 Å². The van der Waals surface area contributed by atoms with Crippen molar-refractivity contribution >= 4 is 49.8 Å². The van der Waals surface area contributed by atoms with Gasteiger partial charge in [-0.3, -0.25) is 14.5 Å². The van der Waals surface area contributed by atoms with Crippen molar-refractivity contribution < 1.29 is 19.4 Å². The number of aliphatic hydroxyl groups is 1. The predicted octanol–water partition coefficient (Wildman–Crippen LogP) is 6.98. The van der Waals surface area contributed by atoms with Crippen LogP contribution in [0.5, 0.6) is 5.75 Å². The molecule has 1 aliphatic rings.